The number of hydrogen-bond acceptors (Lipinski definition) is 0. The SMILES string of the molecule is C[N+]1(C)CC2[CH]C(CC2)C1. The van der Waals surface area contributed by atoms with Crippen LogP contribution >= 0.6 is 0 Å². The smallest absolute Gasteiger partial charge is 0.0814 e. The minimum atomic E-state index is 0.953. The van der Waals surface area contributed by atoms with Gasteiger partial charge in [0.1, 0.15) is 0 Å². The molecule has 10 heavy (non-hydrogen) atoms. The number of piperidine rings is 1. The van der Waals surface area contributed by atoms with Crippen LogP contribution in [-0.4, -0.2) is 31.7 Å². The number of rotatable bonds is 0. The highest BCUT2D eigenvalue weighted by Gasteiger charge is 2.38. The Kier molecular flexibility index (Phi) is 1.31. The van der Waals surface area contributed by atoms with Crippen LogP contribution in [0.2, 0.25) is 0 Å². The summed E-state index contributed by atoms with van der Waals surface area (Å²) in [4.78, 5) is 0. The quantitative estimate of drug-likeness (QED) is 0.444. The van der Waals surface area contributed by atoms with Crippen molar-refractivity contribution in [1.29, 1.82) is 0 Å². The molecule has 57 valence electrons. The van der Waals surface area contributed by atoms with Gasteiger partial charge in [0.15, 0.2) is 0 Å². The summed E-state index contributed by atoms with van der Waals surface area (Å²) in [5.74, 6) is 1.91. The third-order valence-corrected chi connectivity index (χ3v) is 2.91. The molecule has 0 aromatic carbocycles. The van der Waals surface area contributed by atoms with Crippen LogP contribution in [0.15, 0.2) is 0 Å². The highest BCUT2D eigenvalue weighted by Crippen LogP contribution is 2.36. The van der Waals surface area contributed by atoms with Gasteiger partial charge in [-0.25, -0.2) is 0 Å². The zero-order chi connectivity index (χ0) is 7.19. The molecule has 0 aromatic heterocycles. The van der Waals surface area contributed by atoms with Gasteiger partial charge in [-0.15, -0.1) is 0 Å². The average Bonchev–Trinajstić information content (AvgIpc) is 2.08. The second kappa shape index (κ2) is 1.97. The van der Waals surface area contributed by atoms with Gasteiger partial charge >= 0.3 is 0 Å². The molecule has 0 N–H and O–H groups in total. The first-order chi connectivity index (χ1) is 4.66. The molecule has 1 heteroatoms. The first-order valence-corrected chi connectivity index (χ1v) is 4.33. The number of quaternary nitrogens is 1. The molecule has 1 saturated heterocycles. The molecule has 0 aromatic rings. The predicted molar refractivity (Wildman–Crippen MR) is 42.4 cm³/mol. The Labute approximate surface area is 63.6 Å². The minimum absolute atomic E-state index is 0.953. The van der Waals surface area contributed by atoms with Crippen molar-refractivity contribution in [2.75, 3.05) is 27.2 Å². The molecule has 0 spiro atoms. The number of fused-ring (bicyclic) bond motifs is 2. The van der Waals surface area contributed by atoms with Gasteiger partial charge in [-0.05, 0) is 19.3 Å². The molecule has 1 nitrogen and oxygen atoms in total. The van der Waals surface area contributed by atoms with Crippen LogP contribution in [0.1, 0.15) is 12.8 Å². The second-order valence-electron chi connectivity index (χ2n) is 4.59. The molecule has 2 atom stereocenters. The van der Waals surface area contributed by atoms with Crippen molar-refractivity contribution < 1.29 is 4.48 Å². The van der Waals surface area contributed by atoms with Gasteiger partial charge in [-0.2, -0.15) is 0 Å². The van der Waals surface area contributed by atoms with Gasteiger partial charge in [-0.3, -0.25) is 0 Å². The highest BCUT2D eigenvalue weighted by molar-refractivity contribution is 4.93. The van der Waals surface area contributed by atoms with E-state index >= 15 is 0 Å². The van der Waals surface area contributed by atoms with Crippen LogP contribution in [-0.2, 0) is 0 Å². The first kappa shape index (κ1) is 6.66. The lowest BCUT2D eigenvalue weighted by molar-refractivity contribution is -0.898. The Morgan fingerprint density at radius 3 is 2.10 bits per heavy atom. The molecule has 2 aliphatic rings. The van der Waals surface area contributed by atoms with Crippen molar-refractivity contribution in [3.63, 3.8) is 0 Å². The van der Waals surface area contributed by atoms with Gasteiger partial charge in [0, 0.05) is 11.8 Å². The zero-order valence-corrected chi connectivity index (χ0v) is 7.01. The largest absolute Gasteiger partial charge is 0.328 e. The third kappa shape index (κ3) is 1.07. The Morgan fingerprint density at radius 1 is 1.10 bits per heavy atom. The summed E-state index contributed by atoms with van der Waals surface area (Å²) in [6.07, 6.45) is 5.52. The van der Waals surface area contributed by atoms with E-state index in [1.165, 1.54) is 30.4 Å². The molecule has 2 unspecified atom stereocenters. The molecule has 1 heterocycles. The Morgan fingerprint density at radius 2 is 1.60 bits per heavy atom. The van der Waals surface area contributed by atoms with Crippen LogP contribution in [0.25, 0.3) is 0 Å². The van der Waals surface area contributed by atoms with Crippen molar-refractivity contribution in [3.05, 3.63) is 6.42 Å². The molecular weight excluding hydrogens is 122 g/mol. The van der Waals surface area contributed by atoms with E-state index in [4.69, 9.17) is 0 Å². The summed E-state index contributed by atoms with van der Waals surface area (Å²) >= 11 is 0. The molecule has 1 saturated carbocycles. The average molecular weight is 139 g/mol. The van der Waals surface area contributed by atoms with E-state index in [1.54, 1.807) is 0 Å². The maximum absolute atomic E-state index is 2.59. The van der Waals surface area contributed by atoms with Crippen LogP contribution in [0.4, 0.5) is 0 Å². The van der Waals surface area contributed by atoms with Gasteiger partial charge < -0.3 is 4.48 Å². The van der Waals surface area contributed by atoms with E-state index in [9.17, 15) is 0 Å². The van der Waals surface area contributed by atoms with Gasteiger partial charge in [0.05, 0.1) is 27.2 Å². The molecule has 2 rings (SSSR count). The zero-order valence-electron chi connectivity index (χ0n) is 7.01. The predicted octanol–water partition coefficient (Wildman–Crippen LogP) is 1.31. The Bertz CT molecular complexity index is 126. The normalized spacial score (nSPS) is 43.8. The lowest BCUT2D eigenvalue weighted by Gasteiger charge is -2.37. The van der Waals surface area contributed by atoms with Gasteiger partial charge in [0.2, 0.25) is 0 Å². The molecule has 1 aliphatic heterocycles. The van der Waals surface area contributed by atoms with Crippen LogP contribution in [0.3, 0.4) is 0 Å². The fourth-order valence-electron chi connectivity index (χ4n) is 2.65. The maximum Gasteiger partial charge on any atom is 0.0814 e. The van der Waals surface area contributed by atoms with Crippen molar-refractivity contribution >= 4 is 0 Å². The summed E-state index contributed by atoms with van der Waals surface area (Å²) in [5, 5.41) is 0. The molecular formula is C9H17N+. The molecule has 2 fully saturated rings. The maximum atomic E-state index is 2.59. The van der Waals surface area contributed by atoms with Gasteiger partial charge in [0.25, 0.3) is 0 Å². The van der Waals surface area contributed by atoms with Crippen molar-refractivity contribution in [2.45, 2.75) is 12.8 Å². The van der Waals surface area contributed by atoms with Crippen LogP contribution in [0.5, 0.6) is 0 Å². The highest BCUT2D eigenvalue weighted by atomic mass is 15.3. The Hall–Kier alpha value is -0.0400. The number of hydrogen-bond donors (Lipinski definition) is 0. The lowest BCUT2D eigenvalue weighted by Crippen LogP contribution is -2.48. The van der Waals surface area contributed by atoms with Gasteiger partial charge in [-0.1, -0.05) is 0 Å². The summed E-state index contributed by atoms with van der Waals surface area (Å²) in [7, 11) is 4.72. The van der Waals surface area contributed by atoms with E-state index in [2.05, 4.69) is 20.5 Å². The summed E-state index contributed by atoms with van der Waals surface area (Å²) in [6.45, 7) is 2.77. The Balaban J connectivity index is 2.09. The summed E-state index contributed by atoms with van der Waals surface area (Å²) in [6, 6.07) is 0. The van der Waals surface area contributed by atoms with Crippen molar-refractivity contribution in [2.24, 2.45) is 11.8 Å². The van der Waals surface area contributed by atoms with Crippen molar-refractivity contribution in [1.82, 2.24) is 0 Å². The summed E-state index contributed by atoms with van der Waals surface area (Å²) in [5.41, 5.74) is 0. The minimum Gasteiger partial charge on any atom is -0.328 e. The fraction of sp³-hybridized carbons (Fsp3) is 0.889. The van der Waals surface area contributed by atoms with Crippen LogP contribution in [0, 0.1) is 18.3 Å². The molecule has 1 aliphatic carbocycles. The van der Waals surface area contributed by atoms with E-state index in [0.717, 1.165) is 11.8 Å². The fourth-order valence-corrected chi connectivity index (χ4v) is 2.65. The van der Waals surface area contributed by atoms with E-state index in [0.29, 0.717) is 0 Å². The number of likely N-dealkylation sites (tertiary alicyclic amines) is 1. The van der Waals surface area contributed by atoms with Crippen LogP contribution < -0.4 is 0 Å². The van der Waals surface area contributed by atoms with E-state index in [1.807, 2.05) is 0 Å². The monoisotopic (exact) mass is 139 g/mol. The molecule has 2 bridgehead atoms. The topological polar surface area (TPSA) is 0 Å². The summed E-state index contributed by atoms with van der Waals surface area (Å²) < 4.78 is 1.26. The third-order valence-electron chi connectivity index (χ3n) is 2.91. The number of nitrogens with zero attached hydrogens (tertiary/aromatic N) is 1. The standard InChI is InChI=1S/C9H17N/c1-10(2)6-8-3-4-9(5-8)7-10/h5,8-9H,3-4,6-7H2,1-2H3/q+1. The van der Waals surface area contributed by atoms with E-state index < -0.39 is 0 Å². The lowest BCUT2D eigenvalue weighted by atomic mass is 9.98. The second-order valence-corrected chi connectivity index (χ2v) is 4.59. The molecule has 0 amide bonds. The first-order valence-electron chi connectivity index (χ1n) is 4.33. The van der Waals surface area contributed by atoms with E-state index in [-0.39, 0.29) is 0 Å². The van der Waals surface area contributed by atoms with Crippen molar-refractivity contribution in [3.8, 4) is 0 Å². The molecule has 1 radical (unpaired) electrons.